The van der Waals surface area contributed by atoms with Crippen molar-refractivity contribution >= 4 is 0 Å². The Balaban J connectivity index is 2.87. The van der Waals surface area contributed by atoms with Gasteiger partial charge in [-0.3, -0.25) is 0 Å². The van der Waals surface area contributed by atoms with Gasteiger partial charge in [-0.05, 0) is 51.9 Å². The van der Waals surface area contributed by atoms with E-state index in [-0.39, 0.29) is 6.17 Å². The molecule has 0 saturated carbocycles. The zero-order valence-corrected chi connectivity index (χ0v) is 10.1. The van der Waals surface area contributed by atoms with Gasteiger partial charge in [-0.15, -0.1) is 0 Å². The maximum absolute atomic E-state index is 5.43. The summed E-state index contributed by atoms with van der Waals surface area (Å²) >= 11 is 0. The smallest absolute Gasteiger partial charge is 0.0533 e. The number of hydrogen-bond acceptors (Lipinski definition) is 4. The van der Waals surface area contributed by atoms with E-state index in [1.54, 1.807) is 0 Å². The first-order valence-electron chi connectivity index (χ1n) is 6.20. The second kappa shape index (κ2) is 11.9. The maximum atomic E-state index is 5.43. The molecule has 0 aliphatic carbocycles. The first-order chi connectivity index (χ1) is 7.27. The van der Waals surface area contributed by atoms with Crippen molar-refractivity contribution in [2.24, 2.45) is 11.5 Å². The van der Waals surface area contributed by atoms with Crippen molar-refractivity contribution in [3.63, 3.8) is 0 Å². The van der Waals surface area contributed by atoms with Crippen LogP contribution in [0.1, 0.15) is 39.0 Å². The van der Waals surface area contributed by atoms with E-state index >= 15 is 0 Å². The molecule has 0 heterocycles. The van der Waals surface area contributed by atoms with Crippen molar-refractivity contribution in [1.82, 2.24) is 10.6 Å². The molecular formula is C11H28N4. The highest BCUT2D eigenvalue weighted by atomic mass is 14.9. The van der Waals surface area contributed by atoms with E-state index in [0.717, 1.165) is 32.6 Å². The lowest BCUT2D eigenvalue weighted by Crippen LogP contribution is -2.34. The van der Waals surface area contributed by atoms with Crippen molar-refractivity contribution in [2.75, 3.05) is 26.2 Å². The minimum atomic E-state index is -0.171. The monoisotopic (exact) mass is 216 g/mol. The van der Waals surface area contributed by atoms with E-state index in [1.807, 2.05) is 0 Å². The summed E-state index contributed by atoms with van der Waals surface area (Å²) in [6.45, 7) is 6.51. The summed E-state index contributed by atoms with van der Waals surface area (Å²) in [6, 6.07) is 0. The Morgan fingerprint density at radius 3 is 2.00 bits per heavy atom. The SMILES string of the molecule is CCCNCCCCCNCCC(N)N. The fourth-order valence-corrected chi connectivity index (χ4v) is 1.37. The van der Waals surface area contributed by atoms with Crippen LogP contribution < -0.4 is 22.1 Å². The van der Waals surface area contributed by atoms with Crippen LogP contribution in [-0.2, 0) is 0 Å². The van der Waals surface area contributed by atoms with Crippen molar-refractivity contribution < 1.29 is 0 Å². The Bertz CT molecular complexity index is 117. The predicted molar refractivity (Wildman–Crippen MR) is 66.7 cm³/mol. The second-order valence-electron chi connectivity index (χ2n) is 4.01. The van der Waals surface area contributed by atoms with Gasteiger partial charge >= 0.3 is 0 Å². The molecule has 0 rings (SSSR count). The lowest BCUT2D eigenvalue weighted by molar-refractivity contribution is 0.541. The van der Waals surface area contributed by atoms with E-state index in [4.69, 9.17) is 11.5 Å². The molecule has 0 amide bonds. The highest BCUT2D eigenvalue weighted by Crippen LogP contribution is 1.92. The molecule has 0 aliphatic rings. The van der Waals surface area contributed by atoms with Gasteiger partial charge in [-0.1, -0.05) is 13.3 Å². The third kappa shape index (κ3) is 13.8. The van der Waals surface area contributed by atoms with Gasteiger partial charge < -0.3 is 22.1 Å². The third-order valence-corrected chi connectivity index (χ3v) is 2.29. The highest BCUT2D eigenvalue weighted by molar-refractivity contribution is 4.55. The molecular weight excluding hydrogens is 188 g/mol. The Morgan fingerprint density at radius 2 is 1.47 bits per heavy atom. The number of hydrogen-bond donors (Lipinski definition) is 4. The largest absolute Gasteiger partial charge is 0.317 e. The van der Waals surface area contributed by atoms with Crippen molar-refractivity contribution in [3.8, 4) is 0 Å². The first-order valence-corrected chi connectivity index (χ1v) is 6.20. The Kier molecular flexibility index (Phi) is 11.8. The van der Waals surface area contributed by atoms with Gasteiger partial charge in [-0.25, -0.2) is 0 Å². The summed E-state index contributed by atoms with van der Waals surface area (Å²) in [7, 11) is 0. The molecule has 0 saturated heterocycles. The Morgan fingerprint density at radius 1 is 0.867 bits per heavy atom. The molecule has 15 heavy (non-hydrogen) atoms. The van der Waals surface area contributed by atoms with Crippen LogP contribution in [0.25, 0.3) is 0 Å². The number of rotatable bonds is 11. The highest BCUT2D eigenvalue weighted by Gasteiger charge is 1.93. The quantitative estimate of drug-likeness (QED) is 0.297. The molecule has 0 aromatic heterocycles. The molecule has 4 heteroatoms. The normalized spacial score (nSPS) is 11.2. The standard InChI is InChI=1S/C11H28N4/c1-2-7-14-8-4-3-5-9-15-10-6-11(12)13/h11,14-15H,2-10,12-13H2,1H3. The molecule has 0 radical (unpaired) electrons. The summed E-state index contributed by atoms with van der Waals surface area (Å²) in [4.78, 5) is 0. The third-order valence-electron chi connectivity index (χ3n) is 2.29. The summed E-state index contributed by atoms with van der Waals surface area (Å²) in [5.74, 6) is 0. The Hall–Kier alpha value is -0.160. The van der Waals surface area contributed by atoms with Gasteiger partial charge in [0.1, 0.15) is 0 Å². The molecule has 6 N–H and O–H groups in total. The van der Waals surface area contributed by atoms with Crippen LogP contribution in [0, 0.1) is 0 Å². The number of nitrogens with one attached hydrogen (secondary N) is 2. The zero-order valence-electron chi connectivity index (χ0n) is 10.1. The van der Waals surface area contributed by atoms with Gasteiger partial charge in [0.25, 0.3) is 0 Å². The van der Waals surface area contributed by atoms with Crippen LogP contribution in [0.4, 0.5) is 0 Å². The summed E-state index contributed by atoms with van der Waals surface area (Å²) in [5.41, 5.74) is 10.9. The fraction of sp³-hybridized carbons (Fsp3) is 1.00. The zero-order chi connectivity index (χ0) is 11.4. The van der Waals surface area contributed by atoms with E-state index in [0.29, 0.717) is 0 Å². The molecule has 92 valence electrons. The fourth-order valence-electron chi connectivity index (χ4n) is 1.37. The molecule has 0 aromatic rings. The van der Waals surface area contributed by atoms with Crippen LogP contribution in [0.3, 0.4) is 0 Å². The first kappa shape index (κ1) is 14.8. The lowest BCUT2D eigenvalue weighted by atomic mass is 10.2. The average molecular weight is 216 g/mol. The van der Waals surface area contributed by atoms with Gasteiger partial charge in [0.15, 0.2) is 0 Å². The van der Waals surface area contributed by atoms with Gasteiger partial charge in [0, 0.05) is 0 Å². The predicted octanol–water partition coefficient (Wildman–Crippen LogP) is 0.380. The van der Waals surface area contributed by atoms with E-state index in [1.165, 1.54) is 25.7 Å². The van der Waals surface area contributed by atoms with Gasteiger partial charge in [0.2, 0.25) is 0 Å². The topological polar surface area (TPSA) is 76.1 Å². The van der Waals surface area contributed by atoms with Gasteiger partial charge in [0.05, 0.1) is 6.17 Å². The van der Waals surface area contributed by atoms with Crippen LogP contribution in [0.15, 0.2) is 0 Å². The minimum Gasteiger partial charge on any atom is -0.317 e. The second-order valence-corrected chi connectivity index (χ2v) is 4.01. The van der Waals surface area contributed by atoms with E-state index in [2.05, 4.69) is 17.6 Å². The van der Waals surface area contributed by atoms with E-state index in [9.17, 15) is 0 Å². The van der Waals surface area contributed by atoms with Crippen LogP contribution in [0.5, 0.6) is 0 Å². The Labute approximate surface area is 94.2 Å². The van der Waals surface area contributed by atoms with Crippen LogP contribution >= 0.6 is 0 Å². The maximum Gasteiger partial charge on any atom is 0.0533 e. The lowest BCUT2D eigenvalue weighted by Gasteiger charge is -2.07. The molecule has 0 unspecified atom stereocenters. The average Bonchev–Trinajstić information content (AvgIpc) is 2.20. The molecule has 4 nitrogen and oxygen atoms in total. The minimum absolute atomic E-state index is 0.171. The van der Waals surface area contributed by atoms with Crippen molar-refractivity contribution in [2.45, 2.75) is 45.2 Å². The van der Waals surface area contributed by atoms with Gasteiger partial charge in [-0.2, -0.15) is 0 Å². The molecule has 0 aliphatic heterocycles. The molecule has 0 aromatic carbocycles. The van der Waals surface area contributed by atoms with Crippen LogP contribution in [0.2, 0.25) is 0 Å². The molecule has 0 fully saturated rings. The molecule has 0 spiro atoms. The number of nitrogens with two attached hydrogens (primary N) is 2. The van der Waals surface area contributed by atoms with Crippen molar-refractivity contribution in [3.05, 3.63) is 0 Å². The summed E-state index contributed by atoms with van der Waals surface area (Å²) in [5, 5.41) is 6.74. The van der Waals surface area contributed by atoms with Crippen LogP contribution in [-0.4, -0.2) is 32.3 Å². The summed E-state index contributed by atoms with van der Waals surface area (Å²) in [6.07, 6.45) is 5.72. The van der Waals surface area contributed by atoms with Crippen molar-refractivity contribution in [1.29, 1.82) is 0 Å². The molecule has 0 atom stereocenters. The van der Waals surface area contributed by atoms with E-state index < -0.39 is 0 Å². The number of unbranched alkanes of at least 4 members (excludes halogenated alkanes) is 2. The molecule has 0 bridgehead atoms. The summed E-state index contributed by atoms with van der Waals surface area (Å²) < 4.78 is 0.